The molecule has 7 nitrogen and oxygen atoms in total. The Morgan fingerprint density at radius 3 is 2.83 bits per heavy atom. The number of carboxylic acids is 1. The summed E-state index contributed by atoms with van der Waals surface area (Å²) in [6.07, 6.45) is 1.93. The Labute approximate surface area is 105 Å². The molecule has 0 aliphatic rings. The van der Waals surface area contributed by atoms with Crippen molar-refractivity contribution in [1.29, 1.82) is 0 Å². The summed E-state index contributed by atoms with van der Waals surface area (Å²) in [7, 11) is 0. The van der Waals surface area contributed by atoms with Crippen molar-refractivity contribution in [2.45, 2.75) is 33.2 Å². The maximum Gasteiger partial charge on any atom is 0.303 e. The number of carboxylic acid groups (broad SMARTS) is 1. The van der Waals surface area contributed by atoms with Gasteiger partial charge in [0.1, 0.15) is 6.54 Å². The molecule has 2 N–H and O–H groups in total. The van der Waals surface area contributed by atoms with E-state index in [-0.39, 0.29) is 18.9 Å². The highest BCUT2D eigenvalue weighted by molar-refractivity contribution is 5.75. The average molecular weight is 254 g/mol. The number of rotatable bonds is 7. The zero-order valence-electron chi connectivity index (χ0n) is 10.6. The molecule has 0 fully saturated rings. The second-order valence-electron chi connectivity index (χ2n) is 4.50. The first-order valence-corrected chi connectivity index (χ1v) is 5.85. The summed E-state index contributed by atoms with van der Waals surface area (Å²) < 4.78 is 1.41. The van der Waals surface area contributed by atoms with Crippen LogP contribution in [-0.4, -0.2) is 38.5 Å². The van der Waals surface area contributed by atoms with Gasteiger partial charge < -0.3 is 10.4 Å². The van der Waals surface area contributed by atoms with Crippen LogP contribution in [0.4, 0.5) is 0 Å². The van der Waals surface area contributed by atoms with Crippen molar-refractivity contribution >= 4 is 11.9 Å². The van der Waals surface area contributed by atoms with Crippen LogP contribution in [0.15, 0.2) is 6.20 Å². The summed E-state index contributed by atoms with van der Waals surface area (Å²) in [6, 6.07) is 0. The van der Waals surface area contributed by atoms with Gasteiger partial charge in [-0.15, -0.1) is 5.10 Å². The third-order valence-corrected chi connectivity index (χ3v) is 2.19. The molecule has 0 aliphatic carbocycles. The lowest BCUT2D eigenvalue weighted by molar-refractivity contribution is -0.137. The second-order valence-corrected chi connectivity index (χ2v) is 4.50. The van der Waals surface area contributed by atoms with Crippen LogP contribution < -0.4 is 5.32 Å². The van der Waals surface area contributed by atoms with Gasteiger partial charge in [-0.25, -0.2) is 4.68 Å². The average Bonchev–Trinajstić information content (AvgIpc) is 2.71. The predicted molar refractivity (Wildman–Crippen MR) is 63.8 cm³/mol. The van der Waals surface area contributed by atoms with Crippen LogP contribution >= 0.6 is 0 Å². The zero-order chi connectivity index (χ0) is 13.5. The molecular weight excluding hydrogens is 236 g/mol. The highest BCUT2D eigenvalue weighted by Gasteiger charge is 2.07. The summed E-state index contributed by atoms with van der Waals surface area (Å²) >= 11 is 0. The lowest BCUT2D eigenvalue weighted by Crippen LogP contribution is -2.30. The maximum absolute atomic E-state index is 11.5. The van der Waals surface area contributed by atoms with Crippen molar-refractivity contribution in [3.05, 3.63) is 11.9 Å². The smallest absolute Gasteiger partial charge is 0.303 e. The van der Waals surface area contributed by atoms with Crippen LogP contribution in [0.2, 0.25) is 0 Å². The van der Waals surface area contributed by atoms with Gasteiger partial charge in [0.25, 0.3) is 0 Å². The molecule has 0 saturated carbocycles. The molecule has 0 bridgehead atoms. The van der Waals surface area contributed by atoms with Gasteiger partial charge in [-0.1, -0.05) is 19.1 Å². The summed E-state index contributed by atoms with van der Waals surface area (Å²) in [5, 5.41) is 18.9. The standard InChI is InChI=1S/C11H18N4O3/c1-8(2)5-12-10(16)7-15-6-9(13-14-15)3-4-11(17)18/h6,8H,3-5,7H2,1-2H3,(H,12,16)(H,17,18). The number of aliphatic carboxylic acids is 1. The Morgan fingerprint density at radius 1 is 1.50 bits per heavy atom. The van der Waals surface area contributed by atoms with Gasteiger partial charge in [-0.2, -0.15) is 0 Å². The molecular formula is C11H18N4O3. The quantitative estimate of drug-likeness (QED) is 0.717. The van der Waals surface area contributed by atoms with E-state index < -0.39 is 5.97 Å². The molecule has 0 unspecified atom stereocenters. The molecule has 0 saturated heterocycles. The van der Waals surface area contributed by atoms with Gasteiger partial charge in [-0.3, -0.25) is 9.59 Å². The molecule has 1 aromatic heterocycles. The van der Waals surface area contributed by atoms with Crippen molar-refractivity contribution in [2.24, 2.45) is 5.92 Å². The first kappa shape index (κ1) is 14.1. The van der Waals surface area contributed by atoms with Gasteiger partial charge in [0.2, 0.25) is 5.91 Å². The minimum Gasteiger partial charge on any atom is -0.481 e. The van der Waals surface area contributed by atoms with Crippen LogP contribution in [0.25, 0.3) is 0 Å². The van der Waals surface area contributed by atoms with Crippen molar-refractivity contribution in [2.75, 3.05) is 6.54 Å². The predicted octanol–water partition coefficient (Wildman–Crippen LogP) is 0.0675. The van der Waals surface area contributed by atoms with Crippen LogP contribution in [0.5, 0.6) is 0 Å². The van der Waals surface area contributed by atoms with Crippen LogP contribution in [-0.2, 0) is 22.6 Å². The number of nitrogens with one attached hydrogen (secondary N) is 1. The van der Waals surface area contributed by atoms with E-state index in [1.165, 1.54) is 4.68 Å². The van der Waals surface area contributed by atoms with Gasteiger partial charge >= 0.3 is 5.97 Å². The van der Waals surface area contributed by atoms with Crippen LogP contribution in [0.3, 0.4) is 0 Å². The molecule has 1 rings (SSSR count). The normalized spacial score (nSPS) is 10.6. The maximum atomic E-state index is 11.5. The molecule has 0 aromatic carbocycles. The Kier molecular flexibility index (Phi) is 5.29. The van der Waals surface area contributed by atoms with E-state index in [0.717, 1.165) is 0 Å². The van der Waals surface area contributed by atoms with Gasteiger partial charge in [0, 0.05) is 19.2 Å². The highest BCUT2D eigenvalue weighted by Crippen LogP contribution is 1.98. The second kappa shape index (κ2) is 6.73. The Bertz CT molecular complexity index is 414. The van der Waals surface area contributed by atoms with E-state index in [4.69, 9.17) is 5.11 Å². The van der Waals surface area contributed by atoms with Crippen LogP contribution in [0.1, 0.15) is 26.0 Å². The van der Waals surface area contributed by atoms with Crippen LogP contribution in [0, 0.1) is 5.92 Å². The number of carbonyl (C=O) groups is 2. The third-order valence-electron chi connectivity index (χ3n) is 2.19. The number of aromatic nitrogens is 3. The number of amides is 1. The van der Waals surface area contributed by atoms with Crippen molar-refractivity contribution in [1.82, 2.24) is 20.3 Å². The largest absolute Gasteiger partial charge is 0.481 e. The van der Waals surface area contributed by atoms with Gasteiger partial charge in [0.05, 0.1) is 12.1 Å². The van der Waals surface area contributed by atoms with E-state index >= 15 is 0 Å². The molecule has 0 radical (unpaired) electrons. The van der Waals surface area contributed by atoms with Crippen molar-refractivity contribution in [3.8, 4) is 0 Å². The number of nitrogens with zero attached hydrogens (tertiary/aromatic N) is 3. The van der Waals surface area contributed by atoms with E-state index in [1.54, 1.807) is 6.20 Å². The monoisotopic (exact) mass is 254 g/mol. The summed E-state index contributed by atoms with van der Waals surface area (Å²) in [4.78, 5) is 21.9. The Hall–Kier alpha value is -1.92. The first-order valence-electron chi connectivity index (χ1n) is 5.85. The molecule has 1 heterocycles. The van der Waals surface area contributed by atoms with Gasteiger partial charge in [-0.05, 0) is 5.92 Å². The van der Waals surface area contributed by atoms with E-state index in [9.17, 15) is 9.59 Å². The minimum absolute atomic E-state index is 0.0121. The Morgan fingerprint density at radius 2 is 2.22 bits per heavy atom. The number of carbonyl (C=O) groups excluding carboxylic acids is 1. The molecule has 7 heteroatoms. The SMILES string of the molecule is CC(C)CNC(=O)Cn1cc(CCC(=O)O)nn1. The molecule has 0 spiro atoms. The minimum atomic E-state index is -0.876. The summed E-state index contributed by atoms with van der Waals surface area (Å²) in [5.74, 6) is -0.603. The fourth-order valence-corrected chi connectivity index (χ4v) is 1.29. The van der Waals surface area contributed by atoms with Crippen molar-refractivity contribution < 1.29 is 14.7 Å². The third kappa shape index (κ3) is 5.42. The zero-order valence-corrected chi connectivity index (χ0v) is 10.6. The topological polar surface area (TPSA) is 97.1 Å². The molecule has 1 aromatic rings. The Balaban J connectivity index is 2.38. The molecule has 1 amide bonds. The molecule has 100 valence electrons. The molecule has 18 heavy (non-hydrogen) atoms. The number of hydrogen-bond donors (Lipinski definition) is 2. The molecule has 0 aliphatic heterocycles. The summed E-state index contributed by atoms with van der Waals surface area (Å²) in [5.41, 5.74) is 0.578. The molecule has 0 atom stereocenters. The first-order chi connectivity index (χ1) is 8.47. The fourth-order valence-electron chi connectivity index (χ4n) is 1.29. The lowest BCUT2D eigenvalue weighted by atomic mass is 10.2. The lowest BCUT2D eigenvalue weighted by Gasteiger charge is -2.06. The summed E-state index contributed by atoms with van der Waals surface area (Å²) in [6.45, 7) is 4.76. The fraction of sp³-hybridized carbons (Fsp3) is 0.636. The van der Waals surface area contributed by atoms with E-state index in [0.29, 0.717) is 24.6 Å². The van der Waals surface area contributed by atoms with Gasteiger partial charge in [0.15, 0.2) is 0 Å². The number of hydrogen-bond acceptors (Lipinski definition) is 4. The highest BCUT2D eigenvalue weighted by atomic mass is 16.4. The van der Waals surface area contributed by atoms with E-state index in [1.807, 2.05) is 13.8 Å². The van der Waals surface area contributed by atoms with Crippen molar-refractivity contribution in [3.63, 3.8) is 0 Å². The van der Waals surface area contributed by atoms with E-state index in [2.05, 4.69) is 15.6 Å². The number of aryl methyl sites for hydroxylation is 1.